The van der Waals surface area contributed by atoms with Gasteiger partial charge in [-0.05, 0) is 81.1 Å². The zero-order valence-electron chi connectivity index (χ0n) is 25.1. The Morgan fingerprint density at radius 2 is 1.64 bits per heavy atom. The Kier molecular flexibility index (Phi) is 7.92. The summed E-state index contributed by atoms with van der Waals surface area (Å²) in [5.41, 5.74) is 5.05. The molecule has 0 unspecified atom stereocenters. The van der Waals surface area contributed by atoms with Crippen LogP contribution in [0.4, 0.5) is 11.6 Å². The molecule has 42 heavy (non-hydrogen) atoms. The number of fused-ring (bicyclic) bond motifs is 1. The first-order chi connectivity index (χ1) is 20.0. The van der Waals surface area contributed by atoms with Crippen LogP contribution in [0.3, 0.4) is 0 Å². The molecular weight excluding hydrogens is 534 g/mol. The van der Waals surface area contributed by atoms with Gasteiger partial charge in [0.2, 0.25) is 17.7 Å². The van der Waals surface area contributed by atoms with E-state index in [4.69, 9.17) is 18.6 Å². The lowest BCUT2D eigenvalue weighted by atomic mass is 9.86. The summed E-state index contributed by atoms with van der Waals surface area (Å²) < 4.78 is 23.2. The molecule has 0 radical (unpaired) electrons. The minimum Gasteiger partial charge on any atom is -0.479 e. The minimum absolute atomic E-state index is 0.148. The maximum Gasteiger partial charge on any atom is 0.291 e. The van der Waals surface area contributed by atoms with Gasteiger partial charge in [-0.15, -0.1) is 0 Å². The van der Waals surface area contributed by atoms with Gasteiger partial charge in [0, 0.05) is 31.3 Å². The summed E-state index contributed by atoms with van der Waals surface area (Å²) in [4.78, 5) is 26.3. The van der Waals surface area contributed by atoms with E-state index in [0.29, 0.717) is 31.1 Å². The van der Waals surface area contributed by atoms with Gasteiger partial charge in [0.25, 0.3) is 5.91 Å². The van der Waals surface area contributed by atoms with Crippen LogP contribution < -0.4 is 20.1 Å². The number of carbonyl (C=O) groups excluding carboxylic acids is 1. The number of methoxy groups -OCH3 is 2. The number of rotatable bonds is 10. The Morgan fingerprint density at radius 1 is 0.952 bits per heavy atom. The number of aryl methyl sites for hydroxylation is 1. The monoisotopic (exact) mass is 571 g/mol. The summed E-state index contributed by atoms with van der Waals surface area (Å²) in [5, 5.41) is 5.94. The zero-order valence-corrected chi connectivity index (χ0v) is 25.1. The molecule has 220 valence electrons. The number of benzene rings is 1. The number of anilines is 2. The van der Waals surface area contributed by atoms with Crippen molar-refractivity contribution in [2.24, 2.45) is 0 Å². The van der Waals surface area contributed by atoms with E-state index < -0.39 is 5.91 Å². The number of hydrogen-bond acceptors (Lipinski definition) is 9. The molecule has 10 nitrogen and oxygen atoms in total. The number of aromatic nitrogens is 3. The molecule has 0 saturated heterocycles. The molecule has 1 aliphatic rings. The van der Waals surface area contributed by atoms with E-state index in [-0.39, 0.29) is 34.4 Å². The lowest BCUT2D eigenvalue weighted by Gasteiger charge is -2.24. The van der Waals surface area contributed by atoms with Gasteiger partial charge in [0.15, 0.2) is 11.4 Å². The smallest absolute Gasteiger partial charge is 0.291 e. The molecule has 1 amide bonds. The second-order valence-electron chi connectivity index (χ2n) is 11.3. The fourth-order valence-corrected chi connectivity index (χ4v) is 5.40. The Balaban J connectivity index is 1.30. The summed E-state index contributed by atoms with van der Waals surface area (Å²) in [7, 11) is 2.93. The maximum absolute atomic E-state index is 13.2. The third-order valence-corrected chi connectivity index (χ3v) is 7.39. The summed E-state index contributed by atoms with van der Waals surface area (Å²) in [5.74, 6) is 0.962. The van der Waals surface area contributed by atoms with Crippen molar-refractivity contribution in [2.45, 2.75) is 58.7 Å². The molecule has 1 aliphatic heterocycles. The van der Waals surface area contributed by atoms with Gasteiger partial charge in [-0.2, -0.15) is 9.97 Å². The van der Waals surface area contributed by atoms with Gasteiger partial charge in [-0.1, -0.05) is 18.2 Å². The van der Waals surface area contributed by atoms with Crippen LogP contribution in [0, 0.1) is 6.92 Å². The second kappa shape index (κ2) is 11.4. The molecular formula is C32H37N5O5. The fraction of sp³-hybridized carbons (Fsp3) is 0.375. The molecule has 0 saturated carbocycles. The predicted molar refractivity (Wildman–Crippen MR) is 159 cm³/mol. The summed E-state index contributed by atoms with van der Waals surface area (Å²) in [6, 6.07) is 13.6. The van der Waals surface area contributed by atoms with Crippen LogP contribution in [-0.2, 0) is 28.8 Å². The number of furan rings is 1. The topological polar surface area (TPSA) is 121 Å². The standard InChI is InChI=1S/C32H37N5O5/c1-19-16-23-24(32(4,5)42-31(23,2)3)18-20(19)17-22-11-12-25(41-22)27(38)35-26-28(39-6)36-30(37-29(26)40-7)34-15-13-21-10-8-9-14-33-21/h8-12,14,16,18H,13,15,17H2,1-7H3,(H,35,38)(H,34,36,37). The van der Waals surface area contributed by atoms with Crippen molar-refractivity contribution < 1.29 is 23.4 Å². The summed E-state index contributed by atoms with van der Waals surface area (Å²) >= 11 is 0. The molecule has 5 rings (SSSR count). The number of pyridine rings is 1. The van der Waals surface area contributed by atoms with Gasteiger partial charge in [0.05, 0.1) is 25.4 Å². The largest absolute Gasteiger partial charge is 0.479 e. The molecule has 0 bridgehead atoms. The second-order valence-corrected chi connectivity index (χ2v) is 11.3. The normalized spacial score (nSPS) is 14.7. The van der Waals surface area contributed by atoms with Gasteiger partial charge in [-0.25, -0.2) is 0 Å². The Labute approximate surface area is 245 Å². The van der Waals surface area contributed by atoms with E-state index in [9.17, 15) is 4.79 Å². The van der Waals surface area contributed by atoms with Crippen molar-refractivity contribution in [1.29, 1.82) is 0 Å². The third-order valence-electron chi connectivity index (χ3n) is 7.39. The van der Waals surface area contributed by atoms with Crippen LogP contribution in [0.5, 0.6) is 11.8 Å². The number of amides is 1. The molecule has 1 aromatic carbocycles. The van der Waals surface area contributed by atoms with Gasteiger partial charge >= 0.3 is 0 Å². The number of nitrogens with zero attached hydrogens (tertiary/aromatic N) is 3. The van der Waals surface area contributed by atoms with E-state index in [2.05, 4.69) is 72.3 Å². The van der Waals surface area contributed by atoms with E-state index in [1.807, 2.05) is 24.3 Å². The molecule has 3 aromatic heterocycles. The van der Waals surface area contributed by atoms with Crippen molar-refractivity contribution in [3.05, 3.63) is 88.1 Å². The highest BCUT2D eigenvalue weighted by atomic mass is 16.5. The van der Waals surface area contributed by atoms with Crippen LogP contribution >= 0.6 is 0 Å². The lowest BCUT2D eigenvalue weighted by Crippen LogP contribution is -2.22. The van der Waals surface area contributed by atoms with Crippen LogP contribution in [0.15, 0.2) is 53.1 Å². The Bertz CT molecular complexity index is 1570. The van der Waals surface area contributed by atoms with Gasteiger partial charge in [0.1, 0.15) is 5.76 Å². The van der Waals surface area contributed by atoms with Crippen molar-refractivity contribution in [3.63, 3.8) is 0 Å². The molecule has 4 aromatic rings. The molecule has 0 aliphatic carbocycles. The molecule has 0 atom stereocenters. The molecule has 0 spiro atoms. The van der Waals surface area contributed by atoms with Crippen LogP contribution in [0.2, 0.25) is 0 Å². The highest BCUT2D eigenvalue weighted by Crippen LogP contribution is 2.47. The average Bonchev–Trinajstić information content (AvgIpc) is 3.49. The lowest BCUT2D eigenvalue weighted by molar-refractivity contribution is -0.105. The van der Waals surface area contributed by atoms with Crippen LogP contribution in [-0.4, -0.2) is 41.6 Å². The summed E-state index contributed by atoms with van der Waals surface area (Å²) in [6.45, 7) is 11.0. The SMILES string of the molecule is COc1nc(NCCc2ccccn2)nc(OC)c1NC(=O)c1ccc(Cc2cc3c(cc2C)C(C)(C)OC3(C)C)o1. The quantitative estimate of drug-likeness (QED) is 0.244. The number of ether oxygens (including phenoxy) is 3. The highest BCUT2D eigenvalue weighted by Gasteiger charge is 2.43. The summed E-state index contributed by atoms with van der Waals surface area (Å²) in [6.07, 6.45) is 2.97. The number of hydrogen-bond donors (Lipinski definition) is 2. The number of nitrogens with one attached hydrogen (secondary N) is 2. The van der Waals surface area contributed by atoms with E-state index >= 15 is 0 Å². The van der Waals surface area contributed by atoms with E-state index in [1.54, 1.807) is 12.3 Å². The van der Waals surface area contributed by atoms with E-state index in [0.717, 1.165) is 16.8 Å². The van der Waals surface area contributed by atoms with Crippen molar-refractivity contribution in [2.75, 3.05) is 31.4 Å². The van der Waals surface area contributed by atoms with Crippen molar-refractivity contribution in [3.8, 4) is 11.8 Å². The molecule has 10 heteroatoms. The Morgan fingerprint density at radius 3 is 2.29 bits per heavy atom. The van der Waals surface area contributed by atoms with Crippen molar-refractivity contribution in [1.82, 2.24) is 15.0 Å². The van der Waals surface area contributed by atoms with Crippen LogP contribution in [0.1, 0.15) is 72.0 Å². The first-order valence-electron chi connectivity index (χ1n) is 13.9. The van der Waals surface area contributed by atoms with Crippen LogP contribution in [0.25, 0.3) is 0 Å². The maximum atomic E-state index is 13.2. The van der Waals surface area contributed by atoms with Gasteiger partial charge in [-0.3, -0.25) is 9.78 Å². The first kappa shape index (κ1) is 29.1. The van der Waals surface area contributed by atoms with E-state index in [1.165, 1.54) is 25.3 Å². The fourth-order valence-electron chi connectivity index (χ4n) is 5.40. The average molecular weight is 572 g/mol. The molecule has 4 heterocycles. The minimum atomic E-state index is -0.473. The van der Waals surface area contributed by atoms with Gasteiger partial charge < -0.3 is 29.3 Å². The zero-order chi connectivity index (χ0) is 30.1. The predicted octanol–water partition coefficient (Wildman–Crippen LogP) is 5.79. The first-order valence-corrected chi connectivity index (χ1v) is 13.9. The Hall–Kier alpha value is -4.44. The number of carbonyl (C=O) groups is 1. The molecule has 2 N–H and O–H groups in total. The highest BCUT2D eigenvalue weighted by molar-refractivity contribution is 6.03. The molecule has 0 fully saturated rings. The third kappa shape index (κ3) is 5.94. The van der Waals surface area contributed by atoms with Crippen molar-refractivity contribution >= 4 is 17.5 Å².